The van der Waals surface area contributed by atoms with Crippen molar-refractivity contribution in [1.82, 2.24) is 20.2 Å². The molecule has 2 N–H and O–H groups in total. The van der Waals surface area contributed by atoms with Gasteiger partial charge in [0.05, 0.1) is 42.1 Å². The summed E-state index contributed by atoms with van der Waals surface area (Å²) in [5, 5.41) is 8.31. The molecule has 2 fully saturated rings. The van der Waals surface area contributed by atoms with Crippen LogP contribution >= 0.6 is 11.3 Å². The van der Waals surface area contributed by atoms with Crippen LogP contribution in [-0.2, 0) is 16.8 Å². The molecule has 1 saturated carbocycles. The average Bonchev–Trinajstić information content (AvgIpc) is 3.59. The average molecular weight is 489 g/mol. The molecule has 0 radical (unpaired) electrons. The third kappa shape index (κ3) is 3.61. The molecule has 8 nitrogen and oxygen atoms in total. The molecule has 6 rings (SSSR count). The molecule has 1 aliphatic carbocycles. The van der Waals surface area contributed by atoms with E-state index in [9.17, 15) is 9.59 Å². The predicted molar refractivity (Wildman–Crippen MR) is 137 cm³/mol. The summed E-state index contributed by atoms with van der Waals surface area (Å²) in [6, 6.07) is 9.97. The highest BCUT2D eigenvalue weighted by atomic mass is 32.1. The van der Waals surface area contributed by atoms with E-state index >= 15 is 0 Å². The van der Waals surface area contributed by atoms with Crippen molar-refractivity contribution in [2.24, 2.45) is 0 Å². The molecule has 35 heavy (non-hydrogen) atoms. The van der Waals surface area contributed by atoms with Gasteiger partial charge in [-0.1, -0.05) is 18.2 Å². The van der Waals surface area contributed by atoms with Crippen molar-refractivity contribution in [1.29, 1.82) is 0 Å². The van der Waals surface area contributed by atoms with E-state index in [0.717, 1.165) is 42.5 Å². The Labute approximate surface area is 208 Å². The summed E-state index contributed by atoms with van der Waals surface area (Å²) in [5.41, 5.74) is 3.05. The maximum atomic E-state index is 13.0. The maximum absolute atomic E-state index is 13.0. The summed E-state index contributed by atoms with van der Waals surface area (Å²) >= 11 is 1.81. The van der Waals surface area contributed by atoms with Crippen LogP contribution in [-0.4, -0.2) is 53.0 Å². The summed E-state index contributed by atoms with van der Waals surface area (Å²) in [4.78, 5) is 39.5. The van der Waals surface area contributed by atoms with E-state index < -0.39 is 0 Å². The Morgan fingerprint density at radius 1 is 1.03 bits per heavy atom. The zero-order valence-electron chi connectivity index (χ0n) is 19.9. The number of amides is 3. The van der Waals surface area contributed by atoms with Crippen LogP contribution in [0.3, 0.4) is 0 Å². The summed E-state index contributed by atoms with van der Waals surface area (Å²) in [7, 11) is 4.31. The van der Waals surface area contributed by atoms with Crippen LogP contribution in [0.2, 0.25) is 0 Å². The van der Waals surface area contributed by atoms with Gasteiger partial charge in [0.2, 0.25) is 5.91 Å². The molecule has 180 valence electrons. The van der Waals surface area contributed by atoms with Gasteiger partial charge in [0.15, 0.2) is 5.82 Å². The van der Waals surface area contributed by atoms with E-state index in [1.54, 1.807) is 17.3 Å². The zero-order chi connectivity index (χ0) is 24.2. The number of carbonyl (C=O) groups excluding carboxylic acids is 2. The van der Waals surface area contributed by atoms with E-state index in [-0.39, 0.29) is 23.0 Å². The number of thiophene rings is 1. The Morgan fingerprint density at radius 2 is 1.80 bits per heavy atom. The van der Waals surface area contributed by atoms with Crippen LogP contribution in [0.15, 0.2) is 48.1 Å². The predicted octanol–water partition coefficient (Wildman–Crippen LogP) is 4.00. The first-order chi connectivity index (χ1) is 16.9. The van der Waals surface area contributed by atoms with Crippen molar-refractivity contribution in [3.63, 3.8) is 0 Å². The molecule has 4 heterocycles. The van der Waals surface area contributed by atoms with E-state index in [1.165, 1.54) is 4.88 Å². The van der Waals surface area contributed by atoms with E-state index in [4.69, 9.17) is 0 Å². The van der Waals surface area contributed by atoms with Crippen LogP contribution in [0.5, 0.6) is 0 Å². The molecule has 3 aromatic rings. The van der Waals surface area contributed by atoms with Gasteiger partial charge in [-0.15, -0.1) is 11.3 Å². The number of anilines is 2. The third-order valence-corrected chi connectivity index (χ3v) is 8.99. The molecule has 1 aromatic carbocycles. The number of aromatic nitrogens is 2. The lowest BCUT2D eigenvalue weighted by atomic mass is 9.71. The van der Waals surface area contributed by atoms with Gasteiger partial charge >= 0.3 is 6.03 Å². The second-order valence-electron chi connectivity index (χ2n) is 10.0. The fourth-order valence-electron chi connectivity index (χ4n) is 5.86. The van der Waals surface area contributed by atoms with Crippen molar-refractivity contribution in [3.8, 4) is 11.4 Å². The highest BCUT2D eigenvalue weighted by Crippen LogP contribution is 2.47. The number of urea groups is 1. The highest BCUT2D eigenvalue weighted by molar-refractivity contribution is 7.10. The Balaban J connectivity index is 1.20. The highest BCUT2D eigenvalue weighted by Gasteiger charge is 2.50. The van der Waals surface area contributed by atoms with Gasteiger partial charge in [-0.05, 0) is 62.9 Å². The number of rotatable bonds is 4. The molecule has 2 aromatic heterocycles. The van der Waals surface area contributed by atoms with Gasteiger partial charge < -0.3 is 10.6 Å². The molecular weight excluding hydrogens is 460 g/mol. The lowest BCUT2D eigenvalue weighted by Gasteiger charge is -2.47. The van der Waals surface area contributed by atoms with Gasteiger partial charge in [0.25, 0.3) is 0 Å². The van der Waals surface area contributed by atoms with Crippen molar-refractivity contribution in [3.05, 3.63) is 58.5 Å². The van der Waals surface area contributed by atoms with Gasteiger partial charge in [0.1, 0.15) is 0 Å². The lowest BCUT2D eigenvalue weighted by molar-refractivity contribution is -0.115. The molecule has 1 spiro atoms. The topological polar surface area (TPSA) is 90.5 Å². The number of hydrogen-bond donors (Lipinski definition) is 2. The number of nitrogens with one attached hydrogen (secondary N) is 2. The van der Waals surface area contributed by atoms with Gasteiger partial charge in [-0.3, -0.25) is 14.6 Å². The van der Waals surface area contributed by atoms with Crippen LogP contribution < -0.4 is 15.5 Å². The number of fused-ring (bicyclic) bond motifs is 1. The first-order valence-corrected chi connectivity index (χ1v) is 12.8. The minimum absolute atomic E-state index is 0.0204. The summed E-state index contributed by atoms with van der Waals surface area (Å²) in [6.45, 7) is 0.613. The van der Waals surface area contributed by atoms with Crippen molar-refractivity contribution < 1.29 is 9.59 Å². The van der Waals surface area contributed by atoms with Gasteiger partial charge in [-0.25, -0.2) is 14.8 Å². The van der Waals surface area contributed by atoms with Gasteiger partial charge in [0, 0.05) is 16.1 Å². The lowest BCUT2D eigenvalue weighted by Crippen LogP contribution is -2.53. The Morgan fingerprint density at radius 3 is 2.49 bits per heavy atom. The monoisotopic (exact) mass is 488 g/mol. The Hall–Kier alpha value is -3.30. The molecule has 0 bridgehead atoms. The molecule has 0 atom stereocenters. The smallest absolute Gasteiger partial charge is 0.322 e. The number of hydrogen-bond acceptors (Lipinski definition) is 6. The molecule has 3 aliphatic rings. The molecule has 2 aliphatic heterocycles. The van der Waals surface area contributed by atoms with Crippen LogP contribution in [0.25, 0.3) is 11.4 Å². The Bertz CT molecular complexity index is 1280. The second-order valence-corrected chi connectivity index (χ2v) is 11.0. The fraction of sp³-hybridized carbons (Fsp3) is 0.385. The summed E-state index contributed by atoms with van der Waals surface area (Å²) in [5.74, 6) is 0.536. The third-order valence-electron chi connectivity index (χ3n) is 7.93. The van der Waals surface area contributed by atoms with Crippen LogP contribution in [0.4, 0.5) is 16.2 Å². The van der Waals surface area contributed by atoms with Gasteiger partial charge in [-0.2, -0.15) is 0 Å². The van der Waals surface area contributed by atoms with Crippen molar-refractivity contribution >= 4 is 34.6 Å². The Kier molecular flexibility index (Phi) is 5.16. The second kappa shape index (κ2) is 8.13. The fourth-order valence-corrected chi connectivity index (χ4v) is 6.92. The molecule has 0 unspecified atom stereocenters. The van der Waals surface area contributed by atoms with Crippen LogP contribution in [0, 0.1) is 0 Å². The standard InChI is InChI=1S/C26H28N6O2S/c1-31(2)26(21-7-4-12-35-21)10-8-25(9-11-26)16-32(24(34)30-25)17-14-27-23(28-15-17)18-5-3-6-20-19(18)13-22(33)29-20/h3-7,12,14-15H,8-11,13,16H2,1-2H3,(H,29,33)(H,30,34). The molecule has 9 heteroatoms. The minimum atomic E-state index is -0.237. The normalized spacial score (nSPS) is 25.7. The van der Waals surface area contributed by atoms with E-state index in [2.05, 4.69) is 57.1 Å². The van der Waals surface area contributed by atoms with E-state index in [0.29, 0.717) is 24.5 Å². The number of nitrogens with zero attached hydrogens (tertiary/aromatic N) is 4. The molecule has 3 amide bonds. The van der Waals surface area contributed by atoms with Crippen LogP contribution in [0.1, 0.15) is 36.1 Å². The summed E-state index contributed by atoms with van der Waals surface area (Å²) in [6.07, 6.45) is 7.58. The quantitative estimate of drug-likeness (QED) is 0.579. The number of carbonyl (C=O) groups is 2. The van der Waals surface area contributed by atoms with Crippen molar-refractivity contribution in [2.75, 3.05) is 30.9 Å². The zero-order valence-corrected chi connectivity index (χ0v) is 20.7. The maximum Gasteiger partial charge on any atom is 0.322 e. The minimum Gasteiger partial charge on any atom is -0.330 e. The largest absolute Gasteiger partial charge is 0.330 e. The van der Waals surface area contributed by atoms with Crippen molar-refractivity contribution in [2.45, 2.75) is 43.2 Å². The van der Waals surface area contributed by atoms with E-state index in [1.807, 2.05) is 29.5 Å². The first kappa shape index (κ1) is 22.2. The first-order valence-electron chi connectivity index (χ1n) is 11.9. The molecule has 1 saturated heterocycles. The number of benzene rings is 1. The molecular formula is C26H28N6O2S. The summed E-state index contributed by atoms with van der Waals surface area (Å²) < 4.78 is 0. The SMILES string of the molecule is CN(C)C1(c2cccs2)CCC2(CC1)CN(c1cnc(-c3cccc4c3CC(=O)N4)nc1)C(=O)N2.